The minimum Gasteiger partial charge on any atom is -0.508 e. The molecule has 0 unspecified atom stereocenters. The van der Waals surface area contributed by atoms with Crippen LogP contribution in [0, 0.1) is 0 Å². The molecule has 2 N–H and O–H groups in total. The van der Waals surface area contributed by atoms with E-state index >= 15 is 0 Å². The van der Waals surface area contributed by atoms with E-state index in [1.807, 2.05) is 0 Å². The molecule has 2 aromatic carbocycles. The third kappa shape index (κ3) is 3.00. The Morgan fingerprint density at radius 3 is 2.35 bits per heavy atom. The van der Waals surface area contributed by atoms with Gasteiger partial charge in [-0.2, -0.15) is 0 Å². The molecule has 104 valence electrons. The summed E-state index contributed by atoms with van der Waals surface area (Å²) in [5, 5.41) is 12.0. The summed E-state index contributed by atoms with van der Waals surface area (Å²) in [6.07, 6.45) is 0. The van der Waals surface area contributed by atoms with Crippen molar-refractivity contribution in [2.45, 2.75) is 0 Å². The Bertz CT molecular complexity index is 608. The lowest BCUT2D eigenvalue weighted by Gasteiger charge is -2.11. The maximum absolute atomic E-state index is 12.1. The van der Waals surface area contributed by atoms with Crippen molar-refractivity contribution in [1.82, 2.24) is 0 Å². The molecule has 0 aliphatic heterocycles. The van der Waals surface area contributed by atoms with Crippen LogP contribution in [0.2, 0.25) is 0 Å². The number of methoxy groups -OCH3 is 2. The lowest BCUT2D eigenvalue weighted by Crippen LogP contribution is -2.12. The Kier molecular flexibility index (Phi) is 4.10. The molecule has 0 heterocycles. The van der Waals surface area contributed by atoms with Gasteiger partial charge in [0, 0.05) is 11.6 Å². The highest BCUT2D eigenvalue weighted by Gasteiger charge is 2.10. The van der Waals surface area contributed by atoms with Crippen LogP contribution >= 0.6 is 0 Å². The van der Waals surface area contributed by atoms with Crippen molar-refractivity contribution >= 4 is 11.6 Å². The number of anilines is 1. The van der Waals surface area contributed by atoms with Crippen molar-refractivity contribution in [3.05, 3.63) is 48.0 Å². The molecule has 0 radical (unpaired) electrons. The van der Waals surface area contributed by atoms with E-state index in [4.69, 9.17) is 9.47 Å². The minimum absolute atomic E-state index is 0.112. The van der Waals surface area contributed by atoms with E-state index in [9.17, 15) is 9.90 Å². The lowest BCUT2D eigenvalue weighted by atomic mass is 10.2. The predicted molar refractivity (Wildman–Crippen MR) is 75.6 cm³/mol. The van der Waals surface area contributed by atoms with Gasteiger partial charge in [0.25, 0.3) is 5.91 Å². The largest absolute Gasteiger partial charge is 0.508 e. The number of rotatable bonds is 4. The molecule has 5 nitrogen and oxygen atoms in total. The van der Waals surface area contributed by atoms with Gasteiger partial charge in [0.05, 0.1) is 19.9 Å². The molecule has 20 heavy (non-hydrogen) atoms. The van der Waals surface area contributed by atoms with E-state index < -0.39 is 0 Å². The zero-order valence-electron chi connectivity index (χ0n) is 11.2. The minimum atomic E-state index is -0.295. The van der Waals surface area contributed by atoms with Gasteiger partial charge in [-0.25, -0.2) is 0 Å². The Hall–Kier alpha value is -2.69. The van der Waals surface area contributed by atoms with E-state index in [-0.39, 0.29) is 11.7 Å². The maximum atomic E-state index is 12.1. The van der Waals surface area contributed by atoms with E-state index in [2.05, 4.69) is 5.32 Å². The summed E-state index contributed by atoms with van der Waals surface area (Å²) in [5.41, 5.74) is 0.956. The van der Waals surface area contributed by atoms with E-state index in [0.717, 1.165) is 0 Å². The first kappa shape index (κ1) is 13.7. The summed E-state index contributed by atoms with van der Waals surface area (Å²) in [6, 6.07) is 11.1. The third-order valence-electron chi connectivity index (χ3n) is 2.78. The highest BCUT2D eigenvalue weighted by molar-refractivity contribution is 6.05. The molecule has 1 amide bonds. The van der Waals surface area contributed by atoms with Gasteiger partial charge in [0.2, 0.25) is 0 Å². The van der Waals surface area contributed by atoms with Gasteiger partial charge < -0.3 is 19.9 Å². The molecule has 0 aliphatic rings. The highest BCUT2D eigenvalue weighted by Crippen LogP contribution is 2.29. The van der Waals surface area contributed by atoms with Gasteiger partial charge in [0.15, 0.2) is 0 Å². The normalized spacial score (nSPS) is 9.90. The maximum Gasteiger partial charge on any atom is 0.255 e. The number of phenols is 1. The average molecular weight is 273 g/mol. The molecule has 0 saturated carbocycles. The first-order valence-electron chi connectivity index (χ1n) is 5.96. The average Bonchev–Trinajstić information content (AvgIpc) is 2.47. The molecule has 0 aromatic heterocycles. The zero-order valence-corrected chi connectivity index (χ0v) is 11.2. The fourth-order valence-electron chi connectivity index (χ4n) is 1.72. The van der Waals surface area contributed by atoms with Gasteiger partial charge in [-0.3, -0.25) is 4.79 Å². The number of nitrogens with one attached hydrogen (secondary N) is 1. The van der Waals surface area contributed by atoms with Crippen LogP contribution < -0.4 is 14.8 Å². The second-order valence-corrected chi connectivity index (χ2v) is 4.07. The van der Waals surface area contributed by atoms with Gasteiger partial charge >= 0.3 is 0 Å². The molecule has 0 aliphatic carbocycles. The van der Waals surface area contributed by atoms with Crippen LogP contribution in [-0.2, 0) is 0 Å². The molecule has 0 spiro atoms. The fraction of sp³-hybridized carbons (Fsp3) is 0.133. The van der Waals surface area contributed by atoms with Crippen LogP contribution in [-0.4, -0.2) is 25.2 Å². The van der Waals surface area contributed by atoms with Crippen molar-refractivity contribution in [2.75, 3.05) is 19.5 Å². The fourth-order valence-corrected chi connectivity index (χ4v) is 1.72. The number of carbonyl (C=O) groups is 1. The number of aromatic hydroxyl groups is 1. The standard InChI is InChI=1S/C15H15NO4/c1-19-12-7-8-14(20-2)13(9-12)16-15(18)10-3-5-11(17)6-4-10/h3-9,17H,1-2H3,(H,16,18). The Labute approximate surface area is 116 Å². The second kappa shape index (κ2) is 5.97. The van der Waals surface area contributed by atoms with Gasteiger partial charge in [-0.15, -0.1) is 0 Å². The third-order valence-corrected chi connectivity index (χ3v) is 2.78. The number of hydrogen-bond acceptors (Lipinski definition) is 4. The topological polar surface area (TPSA) is 67.8 Å². The van der Waals surface area contributed by atoms with Crippen molar-refractivity contribution in [3.8, 4) is 17.2 Å². The number of benzene rings is 2. The Balaban J connectivity index is 2.24. The SMILES string of the molecule is COc1ccc(OC)c(NC(=O)c2ccc(O)cc2)c1. The molecule has 0 bridgehead atoms. The number of carbonyl (C=O) groups excluding carboxylic acids is 1. The van der Waals surface area contributed by atoms with Crippen LogP contribution in [0.1, 0.15) is 10.4 Å². The number of amides is 1. The van der Waals surface area contributed by atoms with Crippen molar-refractivity contribution in [3.63, 3.8) is 0 Å². The highest BCUT2D eigenvalue weighted by atomic mass is 16.5. The molecular weight excluding hydrogens is 258 g/mol. The van der Waals surface area contributed by atoms with Gasteiger partial charge in [0.1, 0.15) is 17.2 Å². The Morgan fingerprint density at radius 2 is 1.75 bits per heavy atom. The summed E-state index contributed by atoms with van der Waals surface area (Å²) < 4.78 is 10.3. The summed E-state index contributed by atoms with van der Waals surface area (Å²) in [5.74, 6) is 0.974. The molecule has 2 rings (SSSR count). The first-order chi connectivity index (χ1) is 9.63. The monoisotopic (exact) mass is 273 g/mol. The summed E-state index contributed by atoms with van der Waals surface area (Å²) >= 11 is 0. The molecule has 5 heteroatoms. The number of hydrogen-bond donors (Lipinski definition) is 2. The van der Waals surface area contributed by atoms with E-state index in [0.29, 0.717) is 22.7 Å². The quantitative estimate of drug-likeness (QED) is 0.898. The zero-order chi connectivity index (χ0) is 14.5. The molecule has 0 saturated heterocycles. The van der Waals surface area contributed by atoms with Crippen molar-refractivity contribution in [2.24, 2.45) is 0 Å². The van der Waals surface area contributed by atoms with Crippen molar-refractivity contribution in [1.29, 1.82) is 0 Å². The van der Waals surface area contributed by atoms with E-state index in [1.54, 1.807) is 25.3 Å². The summed E-state index contributed by atoms with van der Waals surface area (Å²) in [6.45, 7) is 0. The van der Waals surface area contributed by atoms with Gasteiger partial charge in [-0.1, -0.05) is 0 Å². The van der Waals surface area contributed by atoms with Gasteiger partial charge in [-0.05, 0) is 36.4 Å². The smallest absolute Gasteiger partial charge is 0.255 e. The molecule has 2 aromatic rings. The van der Waals surface area contributed by atoms with Crippen LogP contribution in [0.5, 0.6) is 17.2 Å². The Morgan fingerprint density at radius 1 is 1.05 bits per heavy atom. The number of phenolic OH excluding ortho intramolecular Hbond substituents is 1. The molecular formula is C15H15NO4. The van der Waals surface area contributed by atoms with Crippen LogP contribution in [0.15, 0.2) is 42.5 Å². The first-order valence-corrected chi connectivity index (χ1v) is 5.96. The van der Waals surface area contributed by atoms with Crippen molar-refractivity contribution < 1.29 is 19.4 Å². The summed E-state index contributed by atoms with van der Waals surface area (Å²) in [7, 11) is 3.07. The lowest BCUT2D eigenvalue weighted by molar-refractivity contribution is 0.102. The molecule has 0 atom stereocenters. The van der Waals surface area contributed by atoms with E-state index in [1.165, 1.54) is 31.4 Å². The van der Waals surface area contributed by atoms with Crippen LogP contribution in [0.25, 0.3) is 0 Å². The van der Waals surface area contributed by atoms with Crippen LogP contribution in [0.4, 0.5) is 5.69 Å². The summed E-state index contributed by atoms with van der Waals surface area (Å²) in [4.78, 5) is 12.1. The number of ether oxygens (including phenoxy) is 2. The van der Waals surface area contributed by atoms with Crippen LogP contribution in [0.3, 0.4) is 0 Å². The second-order valence-electron chi connectivity index (χ2n) is 4.07. The predicted octanol–water partition coefficient (Wildman–Crippen LogP) is 2.66. The molecule has 0 fully saturated rings.